The zero-order chi connectivity index (χ0) is 17.1. The normalized spacial score (nSPS) is 16.2. The number of rotatable bonds is 5. The smallest absolute Gasteiger partial charge is 0.170 e. The summed E-state index contributed by atoms with van der Waals surface area (Å²) >= 11 is 0. The van der Waals surface area contributed by atoms with Crippen LogP contribution in [0.4, 0.5) is 0 Å². The predicted octanol–water partition coefficient (Wildman–Crippen LogP) is 1.93. The Balaban J connectivity index is 1.41. The van der Waals surface area contributed by atoms with E-state index >= 15 is 0 Å². The lowest BCUT2D eigenvalue weighted by atomic mass is 10.2. The third-order valence-electron chi connectivity index (χ3n) is 4.03. The average Bonchev–Trinajstić information content (AvgIpc) is 3.10. The zero-order valence-electron chi connectivity index (χ0n) is 13.9. The molecule has 1 aliphatic rings. The Morgan fingerprint density at radius 3 is 2.68 bits per heavy atom. The molecule has 7 heteroatoms. The van der Waals surface area contributed by atoms with Gasteiger partial charge in [-0.15, -0.1) is 5.10 Å². The topological polar surface area (TPSA) is 65.3 Å². The van der Waals surface area contributed by atoms with Crippen molar-refractivity contribution in [2.45, 2.75) is 12.6 Å². The number of benzene rings is 2. The largest absolute Gasteiger partial charge is 0.486 e. The van der Waals surface area contributed by atoms with E-state index in [4.69, 9.17) is 9.47 Å². The third kappa shape index (κ3) is 3.46. The summed E-state index contributed by atoms with van der Waals surface area (Å²) in [4.78, 5) is 2.13. The standard InChI is InChI=1S/C18H19N5O2/c1-22(11-15-13-24-16-9-5-6-10-17(16)25-15)12-18-19-20-21-23(18)14-7-3-2-4-8-14/h2-10,15H,11-13H2,1H3. The number of hydrogen-bond acceptors (Lipinski definition) is 6. The molecule has 0 bridgehead atoms. The number of likely N-dealkylation sites (N-methyl/N-ethyl adjacent to an activating group) is 1. The van der Waals surface area contributed by atoms with Gasteiger partial charge in [-0.2, -0.15) is 4.68 Å². The quantitative estimate of drug-likeness (QED) is 0.709. The second-order valence-electron chi connectivity index (χ2n) is 6.04. The highest BCUT2D eigenvalue weighted by Crippen LogP contribution is 2.31. The predicted molar refractivity (Wildman–Crippen MR) is 91.8 cm³/mol. The van der Waals surface area contributed by atoms with Crippen LogP contribution in [0.1, 0.15) is 5.82 Å². The molecule has 0 radical (unpaired) electrons. The van der Waals surface area contributed by atoms with Gasteiger partial charge in [-0.1, -0.05) is 30.3 Å². The molecule has 128 valence electrons. The van der Waals surface area contributed by atoms with Gasteiger partial charge in [0.05, 0.1) is 12.2 Å². The SMILES string of the molecule is CN(Cc1nnnn1-c1ccccc1)CC1COc2ccccc2O1. The highest BCUT2D eigenvalue weighted by Gasteiger charge is 2.22. The van der Waals surface area contributed by atoms with Gasteiger partial charge in [0.2, 0.25) is 0 Å². The van der Waals surface area contributed by atoms with Crippen LogP contribution in [-0.4, -0.2) is 51.4 Å². The van der Waals surface area contributed by atoms with E-state index in [0.717, 1.165) is 29.6 Å². The first kappa shape index (κ1) is 15.6. The summed E-state index contributed by atoms with van der Waals surface area (Å²) in [5, 5.41) is 12.0. The number of nitrogens with zero attached hydrogens (tertiary/aromatic N) is 5. The molecule has 1 atom stereocenters. The Labute approximate surface area is 145 Å². The van der Waals surface area contributed by atoms with Crippen LogP contribution in [-0.2, 0) is 6.54 Å². The van der Waals surface area contributed by atoms with Crippen LogP contribution in [0, 0.1) is 0 Å². The van der Waals surface area contributed by atoms with E-state index in [1.807, 2.05) is 61.6 Å². The fraction of sp³-hybridized carbons (Fsp3) is 0.278. The van der Waals surface area contributed by atoms with Gasteiger partial charge in [-0.25, -0.2) is 0 Å². The van der Waals surface area contributed by atoms with E-state index in [1.165, 1.54) is 0 Å². The van der Waals surface area contributed by atoms with Crippen LogP contribution in [0.2, 0.25) is 0 Å². The maximum atomic E-state index is 6.01. The van der Waals surface area contributed by atoms with E-state index in [1.54, 1.807) is 4.68 Å². The monoisotopic (exact) mass is 337 g/mol. The molecule has 0 spiro atoms. The van der Waals surface area contributed by atoms with E-state index < -0.39 is 0 Å². The van der Waals surface area contributed by atoms with Crippen molar-refractivity contribution in [3.8, 4) is 17.2 Å². The zero-order valence-corrected chi connectivity index (χ0v) is 13.9. The molecule has 1 aromatic heterocycles. The van der Waals surface area contributed by atoms with Gasteiger partial charge >= 0.3 is 0 Å². The molecule has 25 heavy (non-hydrogen) atoms. The van der Waals surface area contributed by atoms with Gasteiger partial charge in [0, 0.05) is 6.54 Å². The molecule has 7 nitrogen and oxygen atoms in total. The van der Waals surface area contributed by atoms with E-state index in [-0.39, 0.29) is 6.10 Å². The number of ether oxygens (including phenoxy) is 2. The number of fused-ring (bicyclic) bond motifs is 1. The van der Waals surface area contributed by atoms with Crippen molar-refractivity contribution < 1.29 is 9.47 Å². The number of aromatic nitrogens is 4. The summed E-state index contributed by atoms with van der Waals surface area (Å²) < 4.78 is 13.5. The minimum Gasteiger partial charge on any atom is -0.486 e. The van der Waals surface area contributed by atoms with Crippen LogP contribution < -0.4 is 9.47 Å². The lowest BCUT2D eigenvalue weighted by Crippen LogP contribution is -2.39. The van der Waals surface area contributed by atoms with Gasteiger partial charge < -0.3 is 9.47 Å². The summed E-state index contributed by atoms with van der Waals surface area (Å²) in [5.74, 6) is 2.38. The Morgan fingerprint density at radius 1 is 1.08 bits per heavy atom. The molecule has 1 unspecified atom stereocenters. The van der Waals surface area contributed by atoms with Crippen molar-refractivity contribution in [2.24, 2.45) is 0 Å². The average molecular weight is 337 g/mol. The Bertz CT molecular complexity index is 836. The molecule has 0 saturated heterocycles. The van der Waals surface area contributed by atoms with Crippen molar-refractivity contribution in [1.82, 2.24) is 25.1 Å². The third-order valence-corrected chi connectivity index (χ3v) is 4.03. The minimum absolute atomic E-state index is 0.0269. The molecule has 0 aliphatic carbocycles. The first-order valence-electron chi connectivity index (χ1n) is 8.19. The highest BCUT2D eigenvalue weighted by molar-refractivity contribution is 5.40. The first-order valence-corrected chi connectivity index (χ1v) is 8.19. The summed E-state index contributed by atoms with van der Waals surface area (Å²) in [6.45, 7) is 1.87. The van der Waals surface area contributed by atoms with Crippen molar-refractivity contribution in [3.63, 3.8) is 0 Å². The Hall–Kier alpha value is -2.93. The molecule has 2 heterocycles. The molecule has 2 aromatic carbocycles. The molecule has 0 fully saturated rings. The van der Waals surface area contributed by atoms with Crippen LogP contribution in [0.25, 0.3) is 5.69 Å². The van der Waals surface area contributed by atoms with E-state index in [0.29, 0.717) is 13.2 Å². The van der Waals surface area contributed by atoms with Gasteiger partial charge in [-0.3, -0.25) is 4.90 Å². The molecule has 0 N–H and O–H groups in total. The highest BCUT2D eigenvalue weighted by atomic mass is 16.6. The Morgan fingerprint density at radius 2 is 1.84 bits per heavy atom. The van der Waals surface area contributed by atoms with Crippen molar-refractivity contribution in [2.75, 3.05) is 20.2 Å². The van der Waals surface area contributed by atoms with E-state index in [9.17, 15) is 0 Å². The van der Waals surface area contributed by atoms with Gasteiger partial charge in [0.25, 0.3) is 0 Å². The van der Waals surface area contributed by atoms with Crippen LogP contribution in [0.3, 0.4) is 0 Å². The van der Waals surface area contributed by atoms with Crippen molar-refractivity contribution in [1.29, 1.82) is 0 Å². The maximum Gasteiger partial charge on any atom is 0.170 e. The molecule has 0 amide bonds. The van der Waals surface area contributed by atoms with Gasteiger partial charge in [-0.05, 0) is 41.7 Å². The fourth-order valence-electron chi connectivity index (χ4n) is 2.88. The second-order valence-corrected chi connectivity index (χ2v) is 6.04. The summed E-state index contributed by atoms with van der Waals surface area (Å²) in [6, 6.07) is 17.6. The maximum absolute atomic E-state index is 6.01. The van der Waals surface area contributed by atoms with Crippen LogP contribution >= 0.6 is 0 Å². The van der Waals surface area contributed by atoms with E-state index in [2.05, 4.69) is 20.4 Å². The molecular formula is C18H19N5O2. The molecule has 1 aliphatic heterocycles. The lowest BCUT2D eigenvalue weighted by Gasteiger charge is -2.29. The minimum atomic E-state index is -0.0269. The number of tetrazole rings is 1. The summed E-state index contributed by atoms with van der Waals surface area (Å²) in [6.07, 6.45) is -0.0269. The number of hydrogen-bond donors (Lipinski definition) is 0. The molecule has 0 saturated carbocycles. The van der Waals surface area contributed by atoms with Crippen LogP contribution in [0.15, 0.2) is 54.6 Å². The molecule has 3 aromatic rings. The number of para-hydroxylation sites is 3. The molecular weight excluding hydrogens is 318 g/mol. The van der Waals surface area contributed by atoms with Crippen molar-refractivity contribution in [3.05, 3.63) is 60.4 Å². The van der Waals surface area contributed by atoms with Crippen molar-refractivity contribution >= 4 is 0 Å². The molecule has 4 rings (SSSR count). The van der Waals surface area contributed by atoms with Crippen LogP contribution in [0.5, 0.6) is 11.5 Å². The lowest BCUT2D eigenvalue weighted by molar-refractivity contribution is 0.0630. The summed E-state index contributed by atoms with van der Waals surface area (Å²) in [5.41, 5.74) is 0.946. The summed E-state index contributed by atoms with van der Waals surface area (Å²) in [7, 11) is 2.02. The first-order chi connectivity index (χ1) is 12.3. The Kier molecular flexibility index (Phi) is 4.30. The van der Waals surface area contributed by atoms with Gasteiger partial charge in [0.1, 0.15) is 12.7 Å². The second kappa shape index (κ2) is 6.90. The van der Waals surface area contributed by atoms with Gasteiger partial charge in [0.15, 0.2) is 17.3 Å². The fourth-order valence-corrected chi connectivity index (χ4v) is 2.88.